The maximum atomic E-state index is 12.4. The van der Waals surface area contributed by atoms with E-state index in [0.717, 1.165) is 5.56 Å². The molecule has 0 aliphatic carbocycles. The lowest BCUT2D eigenvalue weighted by Gasteiger charge is -2.37. The lowest BCUT2D eigenvalue weighted by atomic mass is 9.94. The number of hydrogen-bond acceptors (Lipinski definition) is 7. The summed E-state index contributed by atoms with van der Waals surface area (Å²) in [6.07, 6.45) is 4.34. The summed E-state index contributed by atoms with van der Waals surface area (Å²) in [5.74, 6) is 0.971. The summed E-state index contributed by atoms with van der Waals surface area (Å²) >= 11 is 0. The van der Waals surface area contributed by atoms with E-state index in [4.69, 9.17) is 9.26 Å². The summed E-state index contributed by atoms with van der Waals surface area (Å²) in [7, 11) is 0. The number of amides is 2. The van der Waals surface area contributed by atoms with Crippen molar-refractivity contribution in [2.45, 2.75) is 58.6 Å². The zero-order chi connectivity index (χ0) is 21.7. The molecule has 0 spiro atoms. The average Bonchev–Trinajstić information content (AvgIpc) is 3.16. The first kappa shape index (κ1) is 21.7. The molecule has 3 heterocycles. The van der Waals surface area contributed by atoms with Crippen LogP contribution in [0.25, 0.3) is 11.4 Å². The fraction of sp³-hybridized carbons (Fsp3) is 0.571. The van der Waals surface area contributed by atoms with Crippen LogP contribution in [-0.2, 0) is 16.0 Å². The molecule has 9 heteroatoms. The summed E-state index contributed by atoms with van der Waals surface area (Å²) in [6, 6.07) is 3.62. The second-order valence-electron chi connectivity index (χ2n) is 8.61. The number of aryl methyl sites for hydroxylation is 1. The maximum Gasteiger partial charge on any atom is 0.410 e. The molecule has 0 saturated carbocycles. The number of pyridine rings is 1. The molecular weight excluding hydrogens is 386 g/mol. The molecule has 1 saturated heterocycles. The zero-order valence-electron chi connectivity index (χ0n) is 17.9. The van der Waals surface area contributed by atoms with Crippen LogP contribution in [0.4, 0.5) is 4.79 Å². The van der Waals surface area contributed by atoms with Gasteiger partial charge in [-0.2, -0.15) is 4.98 Å². The predicted octanol–water partition coefficient (Wildman–Crippen LogP) is 2.83. The smallest absolute Gasteiger partial charge is 0.410 e. The molecule has 2 aromatic heterocycles. The van der Waals surface area contributed by atoms with E-state index in [1.807, 2.05) is 27.7 Å². The Morgan fingerprint density at radius 1 is 1.30 bits per heavy atom. The van der Waals surface area contributed by atoms with Gasteiger partial charge in [-0.15, -0.1) is 0 Å². The third kappa shape index (κ3) is 6.01. The van der Waals surface area contributed by atoms with Gasteiger partial charge in [0.1, 0.15) is 5.60 Å². The molecule has 3 rings (SSSR count). The highest BCUT2D eigenvalue weighted by atomic mass is 16.6. The summed E-state index contributed by atoms with van der Waals surface area (Å²) in [6.45, 7) is 8.70. The van der Waals surface area contributed by atoms with Crippen molar-refractivity contribution in [1.29, 1.82) is 0 Å². The van der Waals surface area contributed by atoms with Crippen LogP contribution in [0.5, 0.6) is 0 Å². The van der Waals surface area contributed by atoms with Crippen molar-refractivity contribution >= 4 is 12.0 Å². The predicted molar refractivity (Wildman–Crippen MR) is 109 cm³/mol. The largest absolute Gasteiger partial charge is 0.444 e. The highest BCUT2D eigenvalue weighted by Gasteiger charge is 2.31. The second kappa shape index (κ2) is 9.23. The number of nitrogens with zero attached hydrogens (tertiary/aromatic N) is 4. The third-order valence-corrected chi connectivity index (χ3v) is 4.88. The fourth-order valence-corrected chi connectivity index (χ4v) is 3.33. The summed E-state index contributed by atoms with van der Waals surface area (Å²) in [5.41, 5.74) is 0.298. The highest BCUT2D eigenvalue weighted by Crippen LogP contribution is 2.20. The normalized spacial score (nSPS) is 19.4. The summed E-state index contributed by atoms with van der Waals surface area (Å²) in [5, 5.41) is 7.02. The van der Waals surface area contributed by atoms with Gasteiger partial charge in [0.2, 0.25) is 17.6 Å². The Hall–Kier alpha value is -2.97. The van der Waals surface area contributed by atoms with Crippen LogP contribution in [0.15, 0.2) is 29.0 Å². The zero-order valence-corrected chi connectivity index (χ0v) is 17.9. The van der Waals surface area contributed by atoms with E-state index >= 15 is 0 Å². The van der Waals surface area contributed by atoms with Crippen LogP contribution >= 0.6 is 0 Å². The molecule has 1 aliphatic heterocycles. The van der Waals surface area contributed by atoms with Crippen molar-refractivity contribution in [3.8, 4) is 11.4 Å². The molecule has 1 N–H and O–H groups in total. The van der Waals surface area contributed by atoms with E-state index in [1.54, 1.807) is 29.4 Å². The Bertz CT molecular complexity index is 862. The number of aromatic nitrogens is 3. The highest BCUT2D eigenvalue weighted by molar-refractivity contribution is 5.76. The van der Waals surface area contributed by atoms with E-state index in [2.05, 4.69) is 20.4 Å². The second-order valence-corrected chi connectivity index (χ2v) is 8.61. The Morgan fingerprint density at radius 3 is 2.70 bits per heavy atom. The molecule has 2 atom stereocenters. The molecule has 162 valence electrons. The molecule has 0 bridgehead atoms. The number of nitrogens with one attached hydrogen (secondary N) is 1. The van der Waals surface area contributed by atoms with E-state index < -0.39 is 5.60 Å². The average molecular weight is 415 g/mol. The van der Waals surface area contributed by atoms with Gasteiger partial charge in [-0.05, 0) is 45.2 Å². The SMILES string of the molecule is C[C@@H]1CN(C(=O)OC(C)(C)C)CC[C@H]1NC(=O)CCc1nc(-c2ccncc2)no1. The number of piperidine rings is 1. The van der Waals surface area contributed by atoms with Crippen molar-refractivity contribution in [2.75, 3.05) is 13.1 Å². The van der Waals surface area contributed by atoms with Gasteiger partial charge in [-0.1, -0.05) is 12.1 Å². The number of likely N-dealkylation sites (tertiary alicyclic amines) is 1. The van der Waals surface area contributed by atoms with Crippen molar-refractivity contribution in [2.24, 2.45) is 5.92 Å². The number of rotatable bonds is 5. The van der Waals surface area contributed by atoms with Gasteiger partial charge >= 0.3 is 6.09 Å². The van der Waals surface area contributed by atoms with Gasteiger partial charge in [0.05, 0.1) is 0 Å². The molecule has 0 radical (unpaired) electrons. The number of carbonyl (C=O) groups is 2. The molecule has 2 aromatic rings. The van der Waals surface area contributed by atoms with Gasteiger partial charge < -0.3 is 19.5 Å². The van der Waals surface area contributed by atoms with Gasteiger partial charge in [0, 0.05) is 49.9 Å². The molecule has 1 fully saturated rings. The fourth-order valence-electron chi connectivity index (χ4n) is 3.33. The molecule has 0 aromatic carbocycles. The number of ether oxygens (including phenoxy) is 1. The van der Waals surface area contributed by atoms with Crippen molar-refractivity contribution in [3.63, 3.8) is 0 Å². The Balaban J connectivity index is 1.44. The molecule has 1 aliphatic rings. The minimum absolute atomic E-state index is 0.0197. The first-order valence-electron chi connectivity index (χ1n) is 10.2. The Labute approximate surface area is 176 Å². The molecular formula is C21H29N5O4. The third-order valence-electron chi connectivity index (χ3n) is 4.88. The van der Waals surface area contributed by atoms with Gasteiger partial charge in [0.15, 0.2) is 0 Å². The van der Waals surface area contributed by atoms with Gasteiger partial charge in [-0.3, -0.25) is 9.78 Å². The van der Waals surface area contributed by atoms with E-state index in [9.17, 15) is 9.59 Å². The maximum absolute atomic E-state index is 12.4. The molecule has 0 unspecified atom stereocenters. The van der Waals surface area contributed by atoms with Gasteiger partial charge in [0.25, 0.3) is 0 Å². The molecule has 2 amide bonds. The van der Waals surface area contributed by atoms with Crippen LogP contribution in [0.1, 0.15) is 46.4 Å². The van der Waals surface area contributed by atoms with Crippen LogP contribution in [0.3, 0.4) is 0 Å². The number of hydrogen-bond donors (Lipinski definition) is 1. The van der Waals surface area contributed by atoms with Crippen molar-refractivity contribution in [1.82, 2.24) is 25.3 Å². The molecule has 9 nitrogen and oxygen atoms in total. The van der Waals surface area contributed by atoms with E-state index in [0.29, 0.717) is 37.6 Å². The Morgan fingerprint density at radius 2 is 2.03 bits per heavy atom. The summed E-state index contributed by atoms with van der Waals surface area (Å²) < 4.78 is 10.7. The summed E-state index contributed by atoms with van der Waals surface area (Å²) in [4.78, 5) is 34.6. The van der Waals surface area contributed by atoms with E-state index in [-0.39, 0.29) is 30.4 Å². The van der Waals surface area contributed by atoms with Crippen molar-refractivity contribution < 1.29 is 18.8 Å². The minimum Gasteiger partial charge on any atom is -0.444 e. The Kier molecular flexibility index (Phi) is 6.69. The monoisotopic (exact) mass is 415 g/mol. The van der Waals surface area contributed by atoms with Crippen molar-refractivity contribution in [3.05, 3.63) is 30.4 Å². The molecule has 30 heavy (non-hydrogen) atoms. The minimum atomic E-state index is -0.516. The van der Waals surface area contributed by atoms with Crippen LogP contribution in [-0.4, -0.2) is 56.8 Å². The van der Waals surface area contributed by atoms with E-state index in [1.165, 1.54) is 0 Å². The van der Waals surface area contributed by atoms with Crippen LogP contribution in [0.2, 0.25) is 0 Å². The lowest BCUT2D eigenvalue weighted by molar-refractivity contribution is -0.122. The number of carbonyl (C=O) groups excluding carboxylic acids is 2. The lowest BCUT2D eigenvalue weighted by Crippen LogP contribution is -2.52. The first-order valence-corrected chi connectivity index (χ1v) is 10.2. The van der Waals surface area contributed by atoms with Crippen LogP contribution in [0, 0.1) is 5.92 Å². The first-order chi connectivity index (χ1) is 14.2. The van der Waals surface area contributed by atoms with Crippen LogP contribution < -0.4 is 5.32 Å². The quantitative estimate of drug-likeness (QED) is 0.799. The topological polar surface area (TPSA) is 110 Å². The standard InChI is InChI=1S/C21H29N5O4/c1-14-13-26(20(28)29-21(2,3)4)12-9-16(14)23-17(27)5-6-18-24-19(25-30-18)15-7-10-22-11-8-15/h7-8,10-11,14,16H,5-6,9,12-13H2,1-4H3,(H,23,27)/t14-,16-/m1/s1. The van der Waals surface area contributed by atoms with Gasteiger partial charge in [-0.25, -0.2) is 4.79 Å².